The van der Waals surface area contributed by atoms with Crippen molar-refractivity contribution in [2.45, 2.75) is 13.8 Å². The first-order valence-electron chi connectivity index (χ1n) is 8.58. The molecule has 1 N–H and O–H groups in total. The van der Waals surface area contributed by atoms with Crippen molar-refractivity contribution in [2.75, 3.05) is 0 Å². The highest BCUT2D eigenvalue weighted by molar-refractivity contribution is 6.33. The minimum absolute atomic E-state index is 0.0550. The van der Waals surface area contributed by atoms with E-state index >= 15 is 0 Å². The van der Waals surface area contributed by atoms with E-state index < -0.39 is 0 Å². The van der Waals surface area contributed by atoms with Gasteiger partial charge in [0.2, 0.25) is 5.78 Å². The van der Waals surface area contributed by atoms with Gasteiger partial charge < -0.3 is 9.67 Å². The van der Waals surface area contributed by atoms with Crippen LogP contribution in [0, 0.1) is 13.8 Å². The highest BCUT2D eigenvalue weighted by Gasteiger charge is 2.35. The third-order valence-electron chi connectivity index (χ3n) is 5.35. The van der Waals surface area contributed by atoms with Crippen molar-refractivity contribution < 1.29 is 14.7 Å². The number of rotatable bonds is 0. The number of hydrogen-bond acceptors (Lipinski definition) is 5. The molecule has 0 radical (unpaired) electrons. The maximum absolute atomic E-state index is 13.2. The largest absolute Gasteiger partial charge is 0.506 e. The van der Waals surface area contributed by atoms with E-state index in [0.717, 1.165) is 11.4 Å². The van der Waals surface area contributed by atoms with Gasteiger partial charge in [0.25, 0.3) is 0 Å². The van der Waals surface area contributed by atoms with Crippen molar-refractivity contribution in [1.29, 1.82) is 0 Å². The quantitative estimate of drug-likeness (QED) is 0.460. The van der Waals surface area contributed by atoms with Gasteiger partial charge in [-0.15, -0.1) is 0 Å². The summed E-state index contributed by atoms with van der Waals surface area (Å²) in [5, 5.41) is 11.1. The predicted molar refractivity (Wildman–Crippen MR) is 100 cm³/mol. The summed E-state index contributed by atoms with van der Waals surface area (Å²) in [6.45, 7) is 3.66. The van der Waals surface area contributed by atoms with Crippen LogP contribution in [0.25, 0.3) is 21.9 Å². The number of nitrogens with zero attached hydrogens (tertiary/aromatic N) is 3. The fraction of sp³-hybridized carbons (Fsp3) is 0.143. The lowest BCUT2D eigenvalue weighted by molar-refractivity contribution is 0.0975. The van der Waals surface area contributed by atoms with Crippen molar-refractivity contribution in [1.82, 2.24) is 14.5 Å². The first kappa shape index (κ1) is 15.7. The fourth-order valence-corrected chi connectivity index (χ4v) is 3.92. The molecule has 2 heterocycles. The number of benzene rings is 2. The Balaban J connectivity index is 2.00. The van der Waals surface area contributed by atoms with Crippen molar-refractivity contribution in [2.24, 2.45) is 7.05 Å². The van der Waals surface area contributed by atoms with E-state index in [9.17, 15) is 14.7 Å². The molecule has 132 valence electrons. The molecule has 0 saturated heterocycles. The number of carbonyl (C=O) groups is 2. The van der Waals surface area contributed by atoms with Crippen LogP contribution in [0.2, 0.25) is 0 Å². The Bertz CT molecular complexity index is 1350. The summed E-state index contributed by atoms with van der Waals surface area (Å²) in [5.74, 6) is -0.481. The van der Waals surface area contributed by atoms with E-state index in [0.29, 0.717) is 44.3 Å². The lowest BCUT2D eigenvalue weighted by Gasteiger charge is -2.15. The molecule has 2 aromatic heterocycles. The average Bonchev–Trinajstić information content (AvgIpc) is 2.94. The van der Waals surface area contributed by atoms with Crippen molar-refractivity contribution in [3.05, 3.63) is 64.1 Å². The molecule has 0 atom stereocenters. The smallest absolute Gasteiger partial charge is 0.210 e. The molecule has 6 nitrogen and oxygen atoms in total. The zero-order valence-corrected chi connectivity index (χ0v) is 15.0. The standard InChI is InChI=1S/C21H15N3O3/c1-9-10(2)23-17-16(22-9)14(25)8-13-15-19(24(3)18(13)17)21(27)12-7-5-4-6-11(12)20(15)26/h4-8,25H,1-3H3. The van der Waals surface area contributed by atoms with Crippen LogP contribution in [0.15, 0.2) is 30.3 Å². The van der Waals surface area contributed by atoms with Gasteiger partial charge in [0.15, 0.2) is 5.78 Å². The van der Waals surface area contributed by atoms with Crippen LogP contribution >= 0.6 is 0 Å². The van der Waals surface area contributed by atoms with Gasteiger partial charge in [0.1, 0.15) is 22.5 Å². The van der Waals surface area contributed by atoms with E-state index in [4.69, 9.17) is 0 Å². The van der Waals surface area contributed by atoms with Crippen LogP contribution < -0.4 is 0 Å². The highest BCUT2D eigenvalue weighted by atomic mass is 16.3. The van der Waals surface area contributed by atoms with Crippen molar-refractivity contribution in [3.8, 4) is 5.75 Å². The molecule has 1 aliphatic rings. The van der Waals surface area contributed by atoms with Gasteiger partial charge in [-0.25, -0.2) is 9.97 Å². The van der Waals surface area contributed by atoms with Gasteiger partial charge in [-0.05, 0) is 19.9 Å². The Morgan fingerprint density at radius 1 is 0.926 bits per heavy atom. The maximum atomic E-state index is 13.2. The number of phenolic OH excluding ortho intramolecular Hbond substituents is 1. The summed E-state index contributed by atoms with van der Waals surface area (Å²) in [4.78, 5) is 35.3. The van der Waals surface area contributed by atoms with E-state index in [-0.39, 0.29) is 17.3 Å². The topological polar surface area (TPSA) is 85.1 Å². The predicted octanol–water partition coefficient (Wildman–Crippen LogP) is 3.22. The van der Waals surface area contributed by atoms with Gasteiger partial charge in [-0.2, -0.15) is 0 Å². The Morgan fingerprint density at radius 3 is 2.19 bits per heavy atom. The van der Waals surface area contributed by atoms with Crippen LogP contribution in [0.5, 0.6) is 5.75 Å². The Labute approximate surface area is 154 Å². The van der Waals surface area contributed by atoms with Gasteiger partial charge in [0, 0.05) is 23.6 Å². The number of carbonyl (C=O) groups excluding carboxylic acids is 2. The van der Waals surface area contributed by atoms with Crippen molar-refractivity contribution in [3.63, 3.8) is 0 Å². The number of aryl methyl sites for hydroxylation is 3. The third kappa shape index (κ3) is 1.84. The number of fused-ring (bicyclic) bond motifs is 6. The summed E-state index contributed by atoms with van der Waals surface area (Å²) < 4.78 is 1.70. The molecule has 0 bridgehead atoms. The molecule has 0 spiro atoms. The molecule has 0 aliphatic heterocycles. The molecule has 1 aliphatic carbocycles. The van der Waals surface area contributed by atoms with Crippen LogP contribution in [0.3, 0.4) is 0 Å². The molecular weight excluding hydrogens is 342 g/mol. The summed E-state index contributed by atoms with van der Waals surface area (Å²) in [5.41, 5.74) is 4.33. The Hall–Kier alpha value is -3.54. The van der Waals surface area contributed by atoms with Gasteiger partial charge in [-0.3, -0.25) is 9.59 Å². The highest BCUT2D eigenvalue weighted by Crippen LogP contribution is 2.39. The zero-order valence-electron chi connectivity index (χ0n) is 15.0. The van der Waals surface area contributed by atoms with E-state index in [2.05, 4.69) is 9.97 Å². The van der Waals surface area contributed by atoms with Gasteiger partial charge >= 0.3 is 0 Å². The Morgan fingerprint density at radius 2 is 1.52 bits per heavy atom. The minimum Gasteiger partial charge on any atom is -0.506 e. The SMILES string of the molecule is Cc1nc2c(O)cc3c4c(n(C)c3c2nc1C)C(=O)c1ccccc1C4=O. The summed E-state index contributed by atoms with van der Waals surface area (Å²) in [6, 6.07) is 8.32. The summed E-state index contributed by atoms with van der Waals surface area (Å²) >= 11 is 0. The van der Waals surface area contributed by atoms with Crippen LogP contribution in [0.1, 0.15) is 43.4 Å². The minimum atomic E-state index is -0.221. The summed E-state index contributed by atoms with van der Waals surface area (Å²) in [6.07, 6.45) is 0. The first-order chi connectivity index (χ1) is 12.9. The van der Waals surface area contributed by atoms with Gasteiger partial charge in [0.05, 0.1) is 22.5 Å². The van der Waals surface area contributed by atoms with Crippen molar-refractivity contribution >= 4 is 33.5 Å². The molecule has 6 heteroatoms. The summed E-state index contributed by atoms with van der Waals surface area (Å²) in [7, 11) is 1.74. The molecule has 4 aromatic rings. The first-order valence-corrected chi connectivity index (χ1v) is 8.58. The second-order valence-electron chi connectivity index (χ2n) is 6.87. The van der Waals surface area contributed by atoms with E-state index in [1.165, 1.54) is 6.07 Å². The molecular formula is C21H15N3O3. The number of aromatic hydroxyl groups is 1. The second-order valence-corrected chi connectivity index (χ2v) is 6.87. The van der Waals surface area contributed by atoms with E-state index in [1.54, 1.807) is 35.9 Å². The number of aromatic nitrogens is 3. The molecule has 2 aromatic carbocycles. The fourth-order valence-electron chi connectivity index (χ4n) is 3.92. The van der Waals surface area contributed by atoms with Crippen LogP contribution in [-0.4, -0.2) is 31.2 Å². The molecule has 0 fully saturated rings. The molecule has 0 unspecified atom stereocenters. The molecule has 27 heavy (non-hydrogen) atoms. The Kier molecular flexibility index (Phi) is 2.91. The maximum Gasteiger partial charge on any atom is 0.210 e. The van der Waals surface area contributed by atoms with E-state index in [1.807, 2.05) is 13.8 Å². The molecule has 0 saturated carbocycles. The average molecular weight is 357 g/mol. The molecule has 5 rings (SSSR count). The van der Waals surface area contributed by atoms with Crippen LogP contribution in [0.4, 0.5) is 0 Å². The number of phenols is 1. The number of ketones is 2. The normalized spacial score (nSPS) is 13.3. The third-order valence-corrected chi connectivity index (χ3v) is 5.35. The second kappa shape index (κ2) is 5.01. The zero-order chi connectivity index (χ0) is 19.0. The van der Waals surface area contributed by atoms with Gasteiger partial charge in [-0.1, -0.05) is 24.3 Å². The monoisotopic (exact) mass is 357 g/mol. The lowest BCUT2D eigenvalue weighted by atomic mass is 9.87. The number of hydrogen-bond donors (Lipinski definition) is 1. The van der Waals surface area contributed by atoms with Crippen LogP contribution in [-0.2, 0) is 7.05 Å². The molecule has 0 amide bonds. The lowest BCUT2D eigenvalue weighted by Crippen LogP contribution is -2.22.